The molecule has 148 valence electrons. The van der Waals surface area contributed by atoms with Crippen LogP contribution in [0.15, 0.2) is 41.5 Å². The standard InChI is InChI=1S/C22H24O6/c1-13(2)11-17-15(8-7-14(23)12-22(3)27-9-10-28-22)21(26)19-16(20(17)25)5-4-6-18(19)24/h4-6,24H,1,7-12H2,2-3H3. The molecule has 1 aliphatic carbocycles. The number of Topliss-reactive ketones (excluding diaryl/α,β-unsaturated/α-hetero) is 3. The molecule has 0 amide bonds. The van der Waals surface area contributed by atoms with Gasteiger partial charge < -0.3 is 14.6 Å². The van der Waals surface area contributed by atoms with Crippen LogP contribution in [0.1, 0.15) is 60.2 Å². The van der Waals surface area contributed by atoms with E-state index in [0.29, 0.717) is 18.8 Å². The highest BCUT2D eigenvalue weighted by molar-refractivity contribution is 6.28. The highest BCUT2D eigenvalue weighted by atomic mass is 16.7. The van der Waals surface area contributed by atoms with Gasteiger partial charge in [0.05, 0.1) is 25.2 Å². The fourth-order valence-electron chi connectivity index (χ4n) is 3.68. The summed E-state index contributed by atoms with van der Waals surface area (Å²) >= 11 is 0. The predicted octanol–water partition coefficient (Wildman–Crippen LogP) is 3.54. The zero-order valence-electron chi connectivity index (χ0n) is 16.2. The average Bonchev–Trinajstić information content (AvgIpc) is 3.04. The summed E-state index contributed by atoms with van der Waals surface area (Å²) in [6.07, 6.45) is 0.544. The van der Waals surface area contributed by atoms with Gasteiger partial charge in [0.15, 0.2) is 17.4 Å². The molecule has 2 aliphatic rings. The average molecular weight is 384 g/mol. The maximum Gasteiger partial charge on any atom is 0.193 e. The van der Waals surface area contributed by atoms with E-state index in [0.717, 1.165) is 5.57 Å². The lowest BCUT2D eigenvalue weighted by Gasteiger charge is -2.23. The van der Waals surface area contributed by atoms with Crippen LogP contribution in [0.3, 0.4) is 0 Å². The third-order valence-corrected chi connectivity index (χ3v) is 4.98. The fourth-order valence-corrected chi connectivity index (χ4v) is 3.68. The second-order valence-electron chi connectivity index (χ2n) is 7.50. The Morgan fingerprint density at radius 1 is 1.18 bits per heavy atom. The van der Waals surface area contributed by atoms with Gasteiger partial charge in [0.25, 0.3) is 0 Å². The van der Waals surface area contributed by atoms with E-state index in [-0.39, 0.29) is 59.7 Å². The lowest BCUT2D eigenvalue weighted by atomic mass is 9.79. The minimum atomic E-state index is -0.927. The number of fused-ring (bicyclic) bond motifs is 1. The number of hydrogen-bond donors (Lipinski definition) is 1. The van der Waals surface area contributed by atoms with Crippen LogP contribution in [0.25, 0.3) is 0 Å². The first-order valence-corrected chi connectivity index (χ1v) is 9.29. The molecule has 1 fully saturated rings. The fraction of sp³-hybridized carbons (Fsp3) is 0.409. The Kier molecular flexibility index (Phi) is 5.63. The summed E-state index contributed by atoms with van der Waals surface area (Å²) in [6.45, 7) is 8.23. The molecule has 6 nitrogen and oxygen atoms in total. The van der Waals surface area contributed by atoms with E-state index in [2.05, 4.69) is 6.58 Å². The number of carbonyl (C=O) groups excluding carboxylic acids is 3. The normalized spacial score (nSPS) is 18.4. The molecule has 28 heavy (non-hydrogen) atoms. The smallest absolute Gasteiger partial charge is 0.193 e. The molecule has 1 saturated heterocycles. The van der Waals surface area contributed by atoms with E-state index in [4.69, 9.17) is 9.47 Å². The molecule has 0 unspecified atom stereocenters. The predicted molar refractivity (Wildman–Crippen MR) is 102 cm³/mol. The van der Waals surface area contributed by atoms with E-state index in [1.807, 2.05) is 0 Å². The van der Waals surface area contributed by atoms with Crippen molar-refractivity contribution in [3.63, 3.8) is 0 Å². The molecule has 0 bridgehead atoms. The van der Waals surface area contributed by atoms with Gasteiger partial charge in [-0.1, -0.05) is 24.3 Å². The molecule has 0 saturated carbocycles. The Balaban J connectivity index is 1.85. The van der Waals surface area contributed by atoms with Crippen molar-refractivity contribution in [1.82, 2.24) is 0 Å². The van der Waals surface area contributed by atoms with Crippen molar-refractivity contribution in [3.8, 4) is 5.75 Å². The zero-order chi connectivity index (χ0) is 20.5. The maximum absolute atomic E-state index is 13.0. The topological polar surface area (TPSA) is 89.9 Å². The monoisotopic (exact) mass is 384 g/mol. The molecule has 6 heteroatoms. The largest absolute Gasteiger partial charge is 0.507 e. The van der Waals surface area contributed by atoms with Crippen LogP contribution in [-0.4, -0.2) is 41.5 Å². The number of benzene rings is 1. The van der Waals surface area contributed by atoms with E-state index in [1.54, 1.807) is 13.8 Å². The number of phenolic OH excluding ortho intramolecular Hbond substituents is 1. The molecule has 0 spiro atoms. The zero-order valence-corrected chi connectivity index (χ0v) is 16.2. The molecule has 1 N–H and O–H groups in total. The second-order valence-corrected chi connectivity index (χ2v) is 7.50. The SMILES string of the molecule is C=C(C)CC1=C(CCC(=O)CC2(C)OCCO2)C(=O)c2c(O)cccc2C1=O. The van der Waals surface area contributed by atoms with Gasteiger partial charge in [0.1, 0.15) is 11.5 Å². The lowest BCUT2D eigenvalue weighted by molar-refractivity contribution is -0.158. The van der Waals surface area contributed by atoms with Gasteiger partial charge >= 0.3 is 0 Å². The van der Waals surface area contributed by atoms with E-state index < -0.39 is 11.6 Å². The van der Waals surface area contributed by atoms with Crippen LogP contribution < -0.4 is 0 Å². The van der Waals surface area contributed by atoms with Crippen molar-refractivity contribution in [2.75, 3.05) is 13.2 Å². The van der Waals surface area contributed by atoms with E-state index in [9.17, 15) is 19.5 Å². The summed E-state index contributed by atoms with van der Waals surface area (Å²) < 4.78 is 10.9. The van der Waals surface area contributed by atoms with Gasteiger partial charge in [-0.25, -0.2) is 0 Å². The number of hydrogen-bond acceptors (Lipinski definition) is 6. The summed E-state index contributed by atoms with van der Waals surface area (Å²) in [5.41, 5.74) is 1.56. The number of aromatic hydroxyl groups is 1. The molecular formula is C22H24O6. The Bertz CT molecular complexity index is 886. The third-order valence-electron chi connectivity index (χ3n) is 4.98. The summed E-state index contributed by atoms with van der Waals surface area (Å²) in [5.74, 6) is -1.98. The summed E-state index contributed by atoms with van der Waals surface area (Å²) in [5, 5.41) is 10.1. The minimum absolute atomic E-state index is 0.00911. The first-order valence-electron chi connectivity index (χ1n) is 9.29. The number of ether oxygens (including phenoxy) is 2. The number of allylic oxidation sites excluding steroid dienone is 3. The number of ketones is 3. The van der Waals surface area contributed by atoms with E-state index in [1.165, 1.54) is 18.2 Å². The first kappa shape index (κ1) is 20.2. The van der Waals surface area contributed by atoms with Crippen molar-refractivity contribution < 1.29 is 29.0 Å². The first-order chi connectivity index (χ1) is 13.2. The van der Waals surface area contributed by atoms with Crippen LogP contribution in [0, 0.1) is 0 Å². The van der Waals surface area contributed by atoms with Crippen LogP contribution in [0.4, 0.5) is 0 Å². The van der Waals surface area contributed by atoms with Crippen molar-refractivity contribution in [2.24, 2.45) is 0 Å². The summed E-state index contributed by atoms with van der Waals surface area (Å²) in [4.78, 5) is 38.4. The van der Waals surface area contributed by atoms with Gasteiger partial charge in [0.2, 0.25) is 0 Å². The van der Waals surface area contributed by atoms with Crippen LogP contribution >= 0.6 is 0 Å². The maximum atomic E-state index is 13.0. The second kappa shape index (κ2) is 7.81. The van der Waals surface area contributed by atoms with Gasteiger partial charge in [-0.3, -0.25) is 14.4 Å². The highest BCUT2D eigenvalue weighted by Crippen LogP contribution is 2.36. The molecule has 1 heterocycles. The number of carbonyl (C=O) groups is 3. The molecule has 0 atom stereocenters. The molecule has 3 rings (SSSR count). The third kappa shape index (κ3) is 3.98. The quantitative estimate of drug-likeness (QED) is 0.723. The number of phenols is 1. The van der Waals surface area contributed by atoms with Gasteiger partial charge in [0, 0.05) is 23.1 Å². The summed E-state index contributed by atoms with van der Waals surface area (Å²) in [6, 6.07) is 4.45. The lowest BCUT2D eigenvalue weighted by Crippen LogP contribution is -2.29. The minimum Gasteiger partial charge on any atom is -0.507 e. The Morgan fingerprint density at radius 3 is 2.50 bits per heavy atom. The van der Waals surface area contributed by atoms with Crippen LogP contribution in [-0.2, 0) is 14.3 Å². The molecule has 0 radical (unpaired) electrons. The van der Waals surface area contributed by atoms with Gasteiger partial charge in [-0.2, -0.15) is 0 Å². The van der Waals surface area contributed by atoms with Crippen molar-refractivity contribution in [1.29, 1.82) is 0 Å². The molecule has 1 aliphatic heterocycles. The molecule has 1 aromatic rings. The van der Waals surface area contributed by atoms with Crippen molar-refractivity contribution in [2.45, 2.75) is 45.3 Å². The van der Waals surface area contributed by atoms with Crippen LogP contribution in [0.5, 0.6) is 5.75 Å². The molecule has 1 aromatic carbocycles. The van der Waals surface area contributed by atoms with Crippen molar-refractivity contribution in [3.05, 3.63) is 52.6 Å². The number of rotatable bonds is 7. The van der Waals surface area contributed by atoms with Gasteiger partial charge in [-0.05, 0) is 32.8 Å². The van der Waals surface area contributed by atoms with Crippen LogP contribution in [0.2, 0.25) is 0 Å². The van der Waals surface area contributed by atoms with E-state index >= 15 is 0 Å². The molecular weight excluding hydrogens is 360 g/mol. The Labute approximate surface area is 163 Å². The van der Waals surface area contributed by atoms with Gasteiger partial charge in [-0.15, -0.1) is 0 Å². The summed E-state index contributed by atoms with van der Waals surface area (Å²) in [7, 11) is 0. The Morgan fingerprint density at radius 2 is 1.86 bits per heavy atom. The Hall–Kier alpha value is -2.57. The van der Waals surface area contributed by atoms with Crippen molar-refractivity contribution >= 4 is 17.3 Å². The highest BCUT2D eigenvalue weighted by Gasteiger charge is 2.36. The molecule has 0 aromatic heterocycles.